The van der Waals surface area contributed by atoms with Crippen LogP contribution in [0.5, 0.6) is 0 Å². The summed E-state index contributed by atoms with van der Waals surface area (Å²) in [5.41, 5.74) is 1.64. The largest absolute Gasteiger partial charge is 0.396 e. The topological polar surface area (TPSA) is 29.5 Å². The highest BCUT2D eigenvalue weighted by Crippen LogP contribution is 2.82. The Labute approximate surface area is 192 Å². The quantitative estimate of drug-likeness (QED) is 0.473. The van der Waals surface area contributed by atoms with Gasteiger partial charge in [-0.05, 0) is 116 Å². The minimum Gasteiger partial charge on any atom is -0.396 e. The van der Waals surface area contributed by atoms with Gasteiger partial charge in [0.2, 0.25) is 0 Å². The lowest BCUT2D eigenvalue weighted by Gasteiger charge is -2.61. The molecule has 2 heteroatoms. The number of hydrogen-bond acceptors (Lipinski definition) is 2. The highest BCUT2D eigenvalue weighted by atomic mass is 16.5. The molecule has 2 nitrogen and oxygen atoms in total. The van der Waals surface area contributed by atoms with Crippen molar-refractivity contribution in [2.45, 2.75) is 105 Å². The van der Waals surface area contributed by atoms with Crippen molar-refractivity contribution in [1.29, 1.82) is 0 Å². The summed E-state index contributed by atoms with van der Waals surface area (Å²) in [7, 11) is 2.02. The summed E-state index contributed by atoms with van der Waals surface area (Å²) < 4.78 is 6.30. The summed E-state index contributed by atoms with van der Waals surface area (Å²) in [5, 5.41) is 9.80. The molecule has 5 rings (SSSR count). The summed E-state index contributed by atoms with van der Waals surface area (Å²) in [6.45, 7) is 12.8. The Kier molecular flexibility index (Phi) is 5.66. The third kappa shape index (κ3) is 3.02. The molecule has 5 aliphatic rings. The van der Waals surface area contributed by atoms with Gasteiger partial charge in [0.25, 0.3) is 0 Å². The standard InChI is InChI=1S/C29H50O2/c1-18(2)20(17-30)8-7-19(3)23-9-10-24-22-15-26(31-6)29-16-21(29)11-14-28(29,5)25(22)12-13-27(23,24)4/h18-26,30H,7-17H2,1-6H3/t19-,20-,21-,22+,23-,24+,25+,26-,27-,28-,29+/m1/s1. The minimum atomic E-state index is 0.360. The fraction of sp³-hybridized carbons (Fsp3) is 1.00. The summed E-state index contributed by atoms with van der Waals surface area (Å²) in [6.07, 6.45) is 14.7. The van der Waals surface area contributed by atoms with E-state index in [1.165, 1.54) is 64.2 Å². The Bertz CT molecular complexity index is 674. The molecular formula is C29H50O2. The van der Waals surface area contributed by atoms with Crippen LogP contribution in [0.25, 0.3) is 0 Å². The molecule has 0 saturated heterocycles. The van der Waals surface area contributed by atoms with Gasteiger partial charge in [0.15, 0.2) is 0 Å². The number of ether oxygens (including phenoxy) is 1. The van der Waals surface area contributed by atoms with Gasteiger partial charge in [0.1, 0.15) is 0 Å². The first kappa shape index (κ1) is 22.7. The minimum absolute atomic E-state index is 0.360. The first-order valence-electron chi connectivity index (χ1n) is 13.9. The van der Waals surface area contributed by atoms with Crippen LogP contribution in [0.2, 0.25) is 0 Å². The zero-order valence-electron chi connectivity index (χ0n) is 21.3. The summed E-state index contributed by atoms with van der Waals surface area (Å²) >= 11 is 0. The predicted molar refractivity (Wildman–Crippen MR) is 128 cm³/mol. The number of hydrogen-bond donors (Lipinski definition) is 1. The number of rotatable bonds is 7. The summed E-state index contributed by atoms with van der Waals surface area (Å²) in [5.74, 6) is 6.51. The van der Waals surface area contributed by atoms with E-state index >= 15 is 0 Å². The Morgan fingerprint density at radius 3 is 2.39 bits per heavy atom. The molecule has 11 atom stereocenters. The van der Waals surface area contributed by atoms with E-state index in [0.717, 1.165) is 35.5 Å². The van der Waals surface area contributed by atoms with Crippen molar-refractivity contribution >= 4 is 0 Å². The highest BCUT2D eigenvalue weighted by Gasteiger charge is 2.77. The van der Waals surface area contributed by atoms with Gasteiger partial charge in [-0.3, -0.25) is 0 Å². The van der Waals surface area contributed by atoms with Crippen LogP contribution in [0.15, 0.2) is 0 Å². The molecule has 1 N–H and O–H groups in total. The van der Waals surface area contributed by atoms with Gasteiger partial charge in [-0.1, -0.05) is 41.0 Å². The maximum atomic E-state index is 9.80. The summed E-state index contributed by atoms with van der Waals surface area (Å²) in [4.78, 5) is 0. The Morgan fingerprint density at radius 1 is 0.968 bits per heavy atom. The molecule has 0 amide bonds. The lowest BCUT2D eigenvalue weighted by molar-refractivity contribution is -0.161. The second kappa shape index (κ2) is 7.72. The first-order valence-corrected chi connectivity index (χ1v) is 13.9. The van der Waals surface area contributed by atoms with Crippen molar-refractivity contribution in [2.75, 3.05) is 13.7 Å². The molecule has 1 spiro atoms. The monoisotopic (exact) mass is 430 g/mol. The number of aliphatic hydroxyl groups is 1. The Balaban J connectivity index is 1.33. The van der Waals surface area contributed by atoms with Crippen molar-refractivity contribution in [3.8, 4) is 0 Å². The maximum Gasteiger partial charge on any atom is 0.0638 e. The molecule has 0 heterocycles. The van der Waals surface area contributed by atoms with Gasteiger partial charge < -0.3 is 9.84 Å². The first-order chi connectivity index (χ1) is 14.7. The van der Waals surface area contributed by atoms with E-state index in [9.17, 15) is 5.11 Å². The van der Waals surface area contributed by atoms with Crippen LogP contribution in [0.3, 0.4) is 0 Å². The van der Waals surface area contributed by atoms with Crippen LogP contribution in [0.4, 0.5) is 0 Å². The van der Waals surface area contributed by atoms with Crippen LogP contribution in [-0.2, 0) is 4.74 Å². The molecular weight excluding hydrogens is 380 g/mol. The number of fused-ring (bicyclic) bond motifs is 4. The normalized spacial score (nSPS) is 52.3. The van der Waals surface area contributed by atoms with Gasteiger partial charge in [0.05, 0.1) is 6.10 Å². The van der Waals surface area contributed by atoms with Gasteiger partial charge in [-0.25, -0.2) is 0 Å². The van der Waals surface area contributed by atoms with Crippen LogP contribution >= 0.6 is 0 Å². The molecule has 5 saturated carbocycles. The lowest BCUT2D eigenvalue weighted by Crippen LogP contribution is -2.57. The molecule has 5 aliphatic carbocycles. The van der Waals surface area contributed by atoms with Crippen molar-refractivity contribution in [1.82, 2.24) is 0 Å². The number of methoxy groups -OCH3 is 1. The van der Waals surface area contributed by atoms with Crippen molar-refractivity contribution in [3.63, 3.8) is 0 Å². The van der Waals surface area contributed by atoms with Crippen molar-refractivity contribution in [3.05, 3.63) is 0 Å². The molecule has 0 aromatic heterocycles. The molecule has 5 fully saturated rings. The van der Waals surface area contributed by atoms with E-state index < -0.39 is 0 Å². The van der Waals surface area contributed by atoms with Crippen LogP contribution in [-0.4, -0.2) is 24.9 Å². The average molecular weight is 431 g/mol. The average Bonchev–Trinajstić information content (AvgIpc) is 3.24. The third-order valence-corrected chi connectivity index (χ3v) is 12.8. The van der Waals surface area contributed by atoms with E-state index in [1.807, 2.05) is 7.11 Å². The van der Waals surface area contributed by atoms with Crippen molar-refractivity contribution in [2.24, 2.45) is 63.6 Å². The Hall–Kier alpha value is -0.0800. The highest BCUT2D eigenvalue weighted by molar-refractivity contribution is 5.26. The molecule has 0 unspecified atom stereocenters. The molecule has 0 aromatic rings. The zero-order valence-corrected chi connectivity index (χ0v) is 21.3. The van der Waals surface area contributed by atoms with Crippen LogP contribution in [0, 0.1) is 63.6 Å². The van der Waals surface area contributed by atoms with Gasteiger partial charge in [-0.15, -0.1) is 0 Å². The fourth-order valence-electron chi connectivity index (χ4n) is 10.9. The molecule has 0 bridgehead atoms. The van der Waals surface area contributed by atoms with Crippen LogP contribution < -0.4 is 0 Å². The van der Waals surface area contributed by atoms with E-state index in [0.29, 0.717) is 40.8 Å². The molecule has 178 valence electrons. The number of aliphatic hydroxyl groups excluding tert-OH is 1. The van der Waals surface area contributed by atoms with Gasteiger partial charge >= 0.3 is 0 Å². The van der Waals surface area contributed by atoms with Gasteiger partial charge in [-0.2, -0.15) is 0 Å². The SMILES string of the molecule is CO[C@@H]1C[C@H]2[C@@H]3CC[C@H]([C@H](C)CC[C@H](CO)C(C)C)[C@@]3(C)CC[C@@H]2[C@@]2(C)CC[C@@H]3C[C@]312. The van der Waals surface area contributed by atoms with E-state index in [2.05, 4.69) is 34.6 Å². The van der Waals surface area contributed by atoms with Crippen LogP contribution in [0.1, 0.15) is 98.8 Å². The molecule has 0 radical (unpaired) electrons. The van der Waals surface area contributed by atoms with Gasteiger partial charge in [0, 0.05) is 19.1 Å². The smallest absolute Gasteiger partial charge is 0.0638 e. The maximum absolute atomic E-state index is 9.80. The van der Waals surface area contributed by atoms with E-state index in [-0.39, 0.29) is 0 Å². The lowest BCUT2D eigenvalue weighted by atomic mass is 9.45. The van der Waals surface area contributed by atoms with E-state index in [4.69, 9.17) is 4.74 Å². The molecule has 0 aromatic carbocycles. The second-order valence-electron chi connectivity index (χ2n) is 13.7. The zero-order chi connectivity index (χ0) is 22.2. The third-order valence-electron chi connectivity index (χ3n) is 12.8. The van der Waals surface area contributed by atoms with Crippen molar-refractivity contribution < 1.29 is 9.84 Å². The fourth-order valence-corrected chi connectivity index (χ4v) is 10.9. The van der Waals surface area contributed by atoms with E-state index in [1.54, 1.807) is 0 Å². The predicted octanol–water partition coefficient (Wildman–Crippen LogP) is 6.95. The second-order valence-corrected chi connectivity index (χ2v) is 13.7. The molecule has 31 heavy (non-hydrogen) atoms. The molecule has 0 aliphatic heterocycles. The Morgan fingerprint density at radius 2 is 1.74 bits per heavy atom. The summed E-state index contributed by atoms with van der Waals surface area (Å²) in [6, 6.07) is 0.